The maximum absolute atomic E-state index is 13.3. The number of thiocarbonyl (C=S) groups is 1. The molecule has 11 heteroatoms. The second-order valence-corrected chi connectivity index (χ2v) is 8.77. The van der Waals surface area contributed by atoms with Gasteiger partial charge in [-0.15, -0.1) is 0 Å². The normalized spacial score (nSPS) is 14.8. The molecular weight excluding hydrogens is 506 g/mol. The maximum Gasteiger partial charge on any atom is 0.270 e. The molecule has 9 nitrogen and oxygen atoms in total. The first-order chi connectivity index (χ1) is 17.0. The van der Waals surface area contributed by atoms with E-state index in [-0.39, 0.29) is 27.5 Å². The van der Waals surface area contributed by atoms with E-state index in [0.717, 1.165) is 11.0 Å². The predicted octanol–water partition coefficient (Wildman–Crippen LogP) is 1.31. The van der Waals surface area contributed by atoms with E-state index in [1.54, 1.807) is 42.7 Å². The lowest BCUT2D eigenvalue weighted by Crippen LogP contribution is -2.54. The number of rotatable bonds is 5. The lowest BCUT2D eigenvalue weighted by atomic mass is 10.1. The van der Waals surface area contributed by atoms with Gasteiger partial charge in [0, 0.05) is 22.1 Å². The summed E-state index contributed by atoms with van der Waals surface area (Å²) in [4.78, 5) is 50.0. The van der Waals surface area contributed by atoms with Crippen LogP contribution in [0.1, 0.15) is 37.7 Å². The van der Waals surface area contributed by atoms with Crippen molar-refractivity contribution in [3.05, 3.63) is 87.2 Å². The van der Waals surface area contributed by atoms with E-state index in [1.807, 2.05) is 0 Å². The third-order valence-corrected chi connectivity index (χ3v) is 6.11. The second kappa shape index (κ2) is 9.40. The molecule has 1 saturated heterocycles. The third kappa shape index (κ3) is 4.51. The molecule has 2 heterocycles. The van der Waals surface area contributed by atoms with E-state index in [0.29, 0.717) is 27.7 Å². The van der Waals surface area contributed by atoms with Gasteiger partial charge in [-0.05, 0) is 91.3 Å². The number of carbonyl (C=O) groups excluding carboxylic acids is 4. The molecular formula is C25H16ClN3O6S-2. The molecule has 1 aliphatic heterocycles. The van der Waals surface area contributed by atoms with E-state index in [1.165, 1.54) is 24.3 Å². The first-order valence-electron chi connectivity index (χ1n) is 10.4. The number of nitrogens with one attached hydrogen (secondary N) is 1. The number of carboxylic acid groups (broad SMARTS) is 2. The topological polar surface area (TPSA) is 135 Å². The van der Waals surface area contributed by atoms with Gasteiger partial charge in [-0.25, -0.2) is 0 Å². The number of aromatic nitrogens is 1. The number of carboxylic acids is 2. The number of halogens is 1. The van der Waals surface area contributed by atoms with Crippen LogP contribution in [0.15, 0.2) is 54.1 Å². The SMILES string of the molecule is Cc1cc(/C=C2\C(=O)NC(=S)N(c3cccc(Cl)c3)C2=O)c(C)n1-c1cc(C(=O)[O-])cc(C(=O)[O-])c1. The average Bonchev–Trinajstić information content (AvgIpc) is 3.08. The van der Waals surface area contributed by atoms with Crippen molar-refractivity contribution in [1.29, 1.82) is 0 Å². The fraction of sp³-hybridized carbons (Fsp3) is 0.0800. The minimum absolute atomic E-state index is 0.0937. The Bertz CT molecular complexity index is 1490. The van der Waals surface area contributed by atoms with Crippen molar-refractivity contribution in [2.24, 2.45) is 0 Å². The van der Waals surface area contributed by atoms with E-state index in [2.05, 4.69) is 5.32 Å². The zero-order valence-electron chi connectivity index (χ0n) is 18.8. The Morgan fingerprint density at radius 2 is 1.61 bits per heavy atom. The lowest BCUT2D eigenvalue weighted by Gasteiger charge is -2.29. The molecule has 0 saturated carbocycles. The number of aryl methyl sites for hydroxylation is 1. The van der Waals surface area contributed by atoms with Crippen LogP contribution >= 0.6 is 23.8 Å². The summed E-state index contributed by atoms with van der Waals surface area (Å²) >= 11 is 11.2. The molecule has 0 atom stereocenters. The third-order valence-electron chi connectivity index (χ3n) is 5.59. The molecule has 3 aromatic rings. The highest BCUT2D eigenvalue weighted by atomic mass is 35.5. The molecule has 0 spiro atoms. The Labute approximate surface area is 215 Å². The van der Waals surface area contributed by atoms with Crippen LogP contribution in [0.5, 0.6) is 0 Å². The van der Waals surface area contributed by atoms with Gasteiger partial charge in [0.15, 0.2) is 5.11 Å². The summed E-state index contributed by atoms with van der Waals surface area (Å²) in [6.45, 7) is 3.38. The van der Waals surface area contributed by atoms with Gasteiger partial charge >= 0.3 is 0 Å². The van der Waals surface area contributed by atoms with Gasteiger partial charge in [0.25, 0.3) is 11.8 Å². The molecule has 1 aromatic heterocycles. The van der Waals surface area contributed by atoms with Crippen molar-refractivity contribution in [3.63, 3.8) is 0 Å². The summed E-state index contributed by atoms with van der Waals surface area (Å²) in [7, 11) is 0. The summed E-state index contributed by atoms with van der Waals surface area (Å²) in [5.41, 5.74) is 1.31. The van der Waals surface area contributed by atoms with Gasteiger partial charge in [-0.2, -0.15) is 0 Å². The first kappa shape index (κ1) is 24.8. The van der Waals surface area contributed by atoms with E-state index >= 15 is 0 Å². The van der Waals surface area contributed by atoms with Crippen molar-refractivity contribution >= 4 is 64.4 Å². The fourth-order valence-electron chi connectivity index (χ4n) is 3.97. The van der Waals surface area contributed by atoms with Crippen LogP contribution < -0.4 is 20.4 Å². The fourth-order valence-corrected chi connectivity index (χ4v) is 4.44. The molecule has 1 aliphatic rings. The van der Waals surface area contributed by atoms with Crippen LogP contribution in [0.4, 0.5) is 5.69 Å². The van der Waals surface area contributed by atoms with Gasteiger partial charge < -0.3 is 24.4 Å². The quantitative estimate of drug-likeness (QED) is 0.304. The second-order valence-electron chi connectivity index (χ2n) is 7.94. The van der Waals surface area contributed by atoms with Crippen LogP contribution in [-0.4, -0.2) is 33.4 Å². The van der Waals surface area contributed by atoms with Gasteiger partial charge in [0.05, 0.1) is 17.6 Å². The van der Waals surface area contributed by atoms with Gasteiger partial charge in [0.2, 0.25) is 0 Å². The molecule has 1 N–H and O–H groups in total. The summed E-state index contributed by atoms with van der Waals surface area (Å²) in [5, 5.41) is 25.6. The molecule has 0 aliphatic carbocycles. The highest BCUT2D eigenvalue weighted by molar-refractivity contribution is 7.80. The molecule has 2 amide bonds. The number of hydrogen-bond acceptors (Lipinski definition) is 7. The Morgan fingerprint density at radius 3 is 2.19 bits per heavy atom. The molecule has 1 fully saturated rings. The van der Waals surface area contributed by atoms with Crippen LogP contribution in [0.25, 0.3) is 11.8 Å². The molecule has 36 heavy (non-hydrogen) atoms. The molecule has 182 valence electrons. The number of aromatic carboxylic acids is 2. The van der Waals surface area contributed by atoms with Gasteiger partial charge in [-0.1, -0.05) is 17.7 Å². The number of anilines is 1. The van der Waals surface area contributed by atoms with Crippen molar-refractivity contribution in [3.8, 4) is 5.69 Å². The first-order valence-corrected chi connectivity index (χ1v) is 11.2. The molecule has 0 bridgehead atoms. The van der Waals surface area contributed by atoms with E-state index in [9.17, 15) is 29.4 Å². The molecule has 0 unspecified atom stereocenters. The number of carbonyl (C=O) groups is 4. The molecule has 4 rings (SSSR count). The minimum atomic E-state index is -1.55. The predicted molar refractivity (Wildman–Crippen MR) is 132 cm³/mol. The Morgan fingerprint density at radius 1 is 0.972 bits per heavy atom. The van der Waals surface area contributed by atoms with Crippen molar-refractivity contribution in [1.82, 2.24) is 9.88 Å². The standard InChI is InChI=1S/C25H18ClN3O6S/c1-12-6-14(13(2)28(12)19-8-15(23(32)33)7-16(9-19)24(34)35)10-20-21(30)27-25(36)29(22(20)31)18-5-3-4-17(26)11-18/h3-11H,1-2H3,(H,32,33)(H,34,35)(H,27,30,36)/p-2/b20-10+. The smallest absolute Gasteiger partial charge is 0.270 e. The molecule has 0 radical (unpaired) electrons. The largest absolute Gasteiger partial charge is 0.545 e. The highest BCUT2D eigenvalue weighted by Crippen LogP contribution is 2.28. The van der Waals surface area contributed by atoms with Gasteiger partial charge in [-0.3, -0.25) is 19.8 Å². The van der Waals surface area contributed by atoms with Crippen LogP contribution in [-0.2, 0) is 9.59 Å². The molecule has 2 aromatic carbocycles. The van der Waals surface area contributed by atoms with E-state index < -0.39 is 23.8 Å². The number of benzene rings is 2. The monoisotopic (exact) mass is 521 g/mol. The minimum Gasteiger partial charge on any atom is -0.545 e. The van der Waals surface area contributed by atoms with Crippen LogP contribution in [0, 0.1) is 13.8 Å². The number of amides is 2. The zero-order chi connectivity index (χ0) is 26.3. The average molecular weight is 522 g/mol. The Hall–Kier alpha value is -4.28. The van der Waals surface area contributed by atoms with E-state index in [4.69, 9.17) is 23.8 Å². The Balaban J connectivity index is 1.81. The van der Waals surface area contributed by atoms with Gasteiger partial charge in [0.1, 0.15) is 5.57 Å². The number of hydrogen-bond donors (Lipinski definition) is 1. The van der Waals surface area contributed by atoms with Crippen molar-refractivity contribution < 1.29 is 29.4 Å². The van der Waals surface area contributed by atoms with Crippen LogP contribution in [0.2, 0.25) is 5.02 Å². The van der Waals surface area contributed by atoms with Crippen LogP contribution in [0.3, 0.4) is 0 Å². The summed E-state index contributed by atoms with van der Waals surface area (Å²) in [6, 6.07) is 11.6. The summed E-state index contributed by atoms with van der Waals surface area (Å²) in [5.74, 6) is -4.45. The van der Waals surface area contributed by atoms with Crippen molar-refractivity contribution in [2.75, 3.05) is 4.90 Å². The highest BCUT2D eigenvalue weighted by Gasteiger charge is 2.34. The Kier molecular flexibility index (Phi) is 6.49. The zero-order valence-corrected chi connectivity index (χ0v) is 20.4. The number of nitrogens with zero attached hydrogens (tertiary/aromatic N) is 2. The summed E-state index contributed by atoms with van der Waals surface area (Å²) in [6.07, 6.45) is 1.39. The summed E-state index contributed by atoms with van der Waals surface area (Å²) < 4.78 is 1.59. The lowest BCUT2D eigenvalue weighted by molar-refractivity contribution is -0.255. The maximum atomic E-state index is 13.3. The van der Waals surface area contributed by atoms with Crippen molar-refractivity contribution in [2.45, 2.75) is 13.8 Å².